The Hall–Kier alpha value is -1.05. The van der Waals surface area contributed by atoms with Gasteiger partial charge in [0.1, 0.15) is 0 Å². The minimum Gasteiger partial charge on any atom is -0.385 e. The minimum absolute atomic E-state index is 0.962. The summed E-state index contributed by atoms with van der Waals surface area (Å²) in [6, 6.07) is 4.16. The van der Waals surface area contributed by atoms with Crippen LogP contribution in [-0.4, -0.2) is 11.5 Å². The molecular weight excluding hydrogens is 196 g/mol. The Bertz CT molecular complexity index is 316. The lowest BCUT2D eigenvalue weighted by Crippen LogP contribution is -2.12. The standard InChI is InChI=1S/C14H22N2/c1-12-11-14(8-10-15-12)16-9-7-13-5-3-2-4-6-13/h8,10-11,13H,2-7,9H2,1H3,(H,15,16). The van der Waals surface area contributed by atoms with Gasteiger partial charge in [-0.1, -0.05) is 32.1 Å². The predicted octanol–water partition coefficient (Wildman–Crippen LogP) is 3.77. The molecule has 1 saturated carbocycles. The largest absolute Gasteiger partial charge is 0.385 e. The van der Waals surface area contributed by atoms with E-state index in [0.29, 0.717) is 0 Å². The highest BCUT2D eigenvalue weighted by atomic mass is 14.9. The van der Waals surface area contributed by atoms with E-state index < -0.39 is 0 Å². The second-order valence-electron chi connectivity index (χ2n) is 4.91. The summed E-state index contributed by atoms with van der Waals surface area (Å²) in [5.74, 6) is 0.962. The van der Waals surface area contributed by atoms with Gasteiger partial charge in [-0.3, -0.25) is 4.98 Å². The highest BCUT2D eigenvalue weighted by Crippen LogP contribution is 2.26. The van der Waals surface area contributed by atoms with Crippen LogP contribution >= 0.6 is 0 Å². The first-order valence-corrected chi connectivity index (χ1v) is 6.51. The summed E-state index contributed by atoms with van der Waals surface area (Å²) in [6.07, 6.45) is 10.4. The monoisotopic (exact) mass is 218 g/mol. The molecule has 1 aromatic heterocycles. The van der Waals surface area contributed by atoms with Crippen LogP contribution in [0.4, 0.5) is 5.69 Å². The van der Waals surface area contributed by atoms with Gasteiger partial charge >= 0.3 is 0 Å². The van der Waals surface area contributed by atoms with Crippen molar-refractivity contribution < 1.29 is 0 Å². The zero-order valence-electron chi connectivity index (χ0n) is 10.2. The predicted molar refractivity (Wildman–Crippen MR) is 68.7 cm³/mol. The Morgan fingerprint density at radius 2 is 2.12 bits per heavy atom. The maximum absolute atomic E-state index is 4.20. The van der Waals surface area contributed by atoms with Gasteiger partial charge in [0.2, 0.25) is 0 Å². The second-order valence-corrected chi connectivity index (χ2v) is 4.91. The van der Waals surface area contributed by atoms with E-state index in [1.165, 1.54) is 44.2 Å². The lowest BCUT2D eigenvalue weighted by molar-refractivity contribution is 0.345. The van der Waals surface area contributed by atoms with Gasteiger partial charge in [-0.2, -0.15) is 0 Å². The van der Waals surface area contributed by atoms with Crippen molar-refractivity contribution in [2.24, 2.45) is 5.92 Å². The molecule has 1 fully saturated rings. The molecule has 0 spiro atoms. The normalized spacial score (nSPS) is 17.3. The van der Waals surface area contributed by atoms with Crippen molar-refractivity contribution in [2.75, 3.05) is 11.9 Å². The number of nitrogens with zero attached hydrogens (tertiary/aromatic N) is 1. The molecule has 1 aliphatic rings. The van der Waals surface area contributed by atoms with Crippen molar-refractivity contribution in [1.82, 2.24) is 4.98 Å². The third-order valence-corrected chi connectivity index (χ3v) is 3.50. The molecule has 0 saturated heterocycles. The molecule has 2 rings (SSSR count). The highest BCUT2D eigenvalue weighted by Gasteiger charge is 2.12. The maximum atomic E-state index is 4.20. The highest BCUT2D eigenvalue weighted by molar-refractivity contribution is 5.42. The number of hydrogen-bond acceptors (Lipinski definition) is 2. The van der Waals surface area contributed by atoms with Crippen LogP contribution in [0.15, 0.2) is 18.3 Å². The van der Waals surface area contributed by atoms with Crippen molar-refractivity contribution in [3.8, 4) is 0 Å². The molecule has 1 aromatic rings. The molecule has 0 radical (unpaired) electrons. The molecule has 16 heavy (non-hydrogen) atoms. The Morgan fingerprint density at radius 3 is 2.88 bits per heavy atom. The van der Waals surface area contributed by atoms with E-state index in [1.54, 1.807) is 0 Å². The van der Waals surface area contributed by atoms with Gasteiger partial charge in [0.25, 0.3) is 0 Å². The van der Waals surface area contributed by atoms with Gasteiger partial charge in [-0.15, -0.1) is 0 Å². The summed E-state index contributed by atoms with van der Waals surface area (Å²) in [4.78, 5) is 4.20. The Morgan fingerprint density at radius 1 is 1.31 bits per heavy atom. The summed E-state index contributed by atoms with van der Waals surface area (Å²) in [7, 11) is 0. The van der Waals surface area contributed by atoms with E-state index in [1.807, 2.05) is 19.2 Å². The average molecular weight is 218 g/mol. The number of rotatable bonds is 4. The summed E-state index contributed by atoms with van der Waals surface area (Å²) in [6.45, 7) is 3.14. The van der Waals surface area contributed by atoms with Gasteiger partial charge in [0.15, 0.2) is 0 Å². The first-order valence-electron chi connectivity index (χ1n) is 6.51. The van der Waals surface area contributed by atoms with Crippen LogP contribution in [-0.2, 0) is 0 Å². The summed E-state index contributed by atoms with van der Waals surface area (Å²) >= 11 is 0. The summed E-state index contributed by atoms with van der Waals surface area (Å²) < 4.78 is 0. The molecule has 2 nitrogen and oxygen atoms in total. The van der Waals surface area contributed by atoms with Gasteiger partial charge in [-0.25, -0.2) is 0 Å². The fourth-order valence-corrected chi connectivity index (χ4v) is 2.55. The van der Waals surface area contributed by atoms with E-state index in [0.717, 1.165) is 18.2 Å². The zero-order valence-corrected chi connectivity index (χ0v) is 10.2. The fourth-order valence-electron chi connectivity index (χ4n) is 2.55. The third kappa shape index (κ3) is 3.51. The van der Waals surface area contributed by atoms with Crippen LogP contribution in [0.25, 0.3) is 0 Å². The first-order chi connectivity index (χ1) is 7.84. The van der Waals surface area contributed by atoms with E-state index in [4.69, 9.17) is 0 Å². The van der Waals surface area contributed by atoms with Crippen LogP contribution in [0.5, 0.6) is 0 Å². The third-order valence-electron chi connectivity index (χ3n) is 3.50. The van der Waals surface area contributed by atoms with Crippen molar-refractivity contribution >= 4 is 5.69 Å². The molecule has 1 aliphatic carbocycles. The summed E-state index contributed by atoms with van der Waals surface area (Å²) in [5.41, 5.74) is 2.30. The lowest BCUT2D eigenvalue weighted by atomic mass is 9.87. The zero-order chi connectivity index (χ0) is 11.2. The molecule has 88 valence electrons. The van der Waals surface area contributed by atoms with Crippen LogP contribution in [0, 0.1) is 12.8 Å². The van der Waals surface area contributed by atoms with Crippen LogP contribution in [0.2, 0.25) is 0 Å². The Balaban J connectivity index is 1.71. The van der Waals surface area contributed by atoms with Crippen LogP contribution in [0.1, 0.15) is 44.2 Å². The van der Waals surface area contributed by atoms with Crippen molar-refractivity contribution in [2.45, 2.75) is 45.4 Å². The molecule has 0 aliphatic heterocycles. The molecule has 2 heteroatoms. The molecular formula is C14H22N2. The fraction of sp³-hybridized carbons (Fsp3) is 0.643. The van der Waals surface area contributed by atoms with Crippen molar-refractivity contribution in [3.05, 3.63) is 24.0 Å². The molecule has 0 atom stereocenters. The van der Waals surface area contributed by atoms with Crippen molar-refractivity contribution in [1.29, 1.82) is 0 Å². The first kappa shape index (κ1) is 11.4. The lowest BCUT2D eigenvalue weighted by Gasteiger charge is -2.21. The van der Waals surface area contributed by atoms with Crippen molar-refractivity contribution in [3.63, 3.8) is 0 Å². The molecule has 0 amide bonds. The number of aromatic nitrogens is 1. The van der Waals surface area contributed by atoms with Gasteiger partial charge in [0.05, 0.1) is 0 Å². The Labute approximate surface area is 98.5 Å². The quantitative estimate of drug-likeness (QED) is 0.832. The number of nitrogens with one attached hydrogen (secondary N) is 1. The number of aryl methyl sites for hydroxylation is 1. The molecule has 0 bridgehead atoms. The molecule has 1 heterocycles. The molecule has 0 unspecified atom stereocenters. The summed E-state index contributed by atoms with van der Waals surface area (Å²) in [5, 5.41) is 3.49. The van der Waals surface area contributed by atoms with Crippen LogP contribution < -0.4 is 5.32 Å². The van der Waals surface area contributed by atoms with E-state index in [9.17, 15) is 0 Å². The maximum Gasteiger partial charge on any atom is 0.0393 e. The van der Waals surface area contributed by atoms with Gasteiger partial charge < -0.3 is 5.32 Å². The second kappa shape index (κ2) is 5.88. The number of pyridine rings is 1. The van der Waals surface area contributed by atoms with E-state index in [-0.39, 0.29) is 0 Å². The SMILES string of the molecule is Cc1cc(NCCC2CCCCC2)ccn1. The van der Waals surface area contributed by atoms with E-state index >= 15 is 0 Å². The average Bonchev–Trinajstić information content (AvgIpc) is 2.30. The topological polar surface area (TPSA) is 24.9 Å². The molecule has 0 aromatic carbocycles. The smallest absolute Gasteiger partial charge is 0.0393 e. The number of hydrogen-bond donors (Lipinski definition) is 1. The molecule has 1 N–H and O–H groups in total. The minimum atomic E-state index is 0.962. The Kier molecular flexibility index (Phi) is 4.20. The van der Waals surface area contributed by atoms with Gasteiger partial charge in [0, 0.05) is 24.1 Å². The van der Waals surface area contributed by atoms with Gasteiger partial charge in [-0.05, 0) is 31.4 Å². The number of anilines is 1. The van der Waals surface area contributed by atoms with Crippen LogP contribution in [0.3, 0.4) is 0 Å². The van der Waals surface area contributed by atoms with E-state index in [2.05, 4.69) is 16.4 Å².